The molecule has 1 amide bonds. The molecule has 0 bridgehead atoms. The maximum atomic E-state index is 12.7. The van der Waals surface area contributed by atoms with Crippen LogP contribution in [0, 0.1) is 0 Å². The summed E-state index contributed by atoms with van der Waals surface area (Å²) in [5.74, 6) is 0.237. The summed E-state index contributed by atoms with van der Waals surface area (Å²) in [5.41, 5.74) is 1.20. The Hall–Kier alpha value is -1.72. The van der Waals surface area contributed by atoms with Crippen LogP contribution in [0.4, 0.5) is 5.13 Å². The Morgan fingerprint density at radius 1 is 1.30 bits per heavy atom. The van der Waals surface area contributed by atoms with Crippen molar-refractivity contribution in [3.8, 4) is 0 Å². The van der Waals surface area contributed by atoms with Crippen molar-refractivity contribution >= 4 is 22.4 Å². The molecule has 0 spiro atoms. The first-order valence-corrected chi connectivity index (χ1v) is 7.87. The first-order valence-electron chi connectivity index (χ1n) is 6.99. The number of carbonyl (C=O) groups excluding carboxylic acids is 1. The molecule has 20 heavy (non-hydrogen) atoms. The molecule has 3 unspecified atom stereocenters. The summed E-state index contributed by atoms with van der Waals surface area (Å²) in [4.78, 5) is 20.4. The van der Waals surface area contributed by atoms with Gasteiger partial charge in [0.05, 0.1) is 6.54 Å². The quantitative estimate of drug-likeness (QED) is 0.902. The molecule has 2 fully saturated rings. The second kappa shape index (κ2) is 4.68. The molecule has 2 aromatic rings. The lowest BCUT2D eigenvalue weighted by molar-refractivity contribution is -0.924. The van der Waals surface area contributed by atoms with Crippen molar-refractivity contribution in [3.63, 3.8) is 0 Å². The monoisotopic (exact) mass is 286 g/mol. The van der Waals surface area contributed by atoms with E-state index in [1.54, 1.807) is 17.5 Å². The molecule has 3 heterocycles. The van der Waals surface area contributed by atoms with Crippen molar-refractivity contribution in [2.45, 2.75) is 25.0 Å². The molecule has 0 radical (unpaired) electrons. The van der Waals surface area contributed by atoms with E-state index in [4.69, 9.17) is 0 Å². The minimum Gasteiger partial charge on any atom is -0.301 e. The normalized spacial score (nSPS) is 28.9. The number of fused-ring (bicyclic) bond motifs is 1. The Morgan fingerprint density at radius 3 is 2.90 bits per heavy atom. The first-order chi connectivity index (χ1) is 9.86. The number of nitrogens with one attached hydrogen (secondary N) is 1. The number of anilines is 1. The summed E-state index contributed by atoms with van der Waals surface area (Å²) in [7, 11) is 0. The predicted molar refractivity (Wildman–Crippen MR) is 77.6 cm³/mol. The van der Waals surface area contributed by atoms with Gasteiger partial charge in [-0.15, -0.1) is 11.3 Å². The van der Waals surface area contributed by atoms with E-state index >= 15 is 0 Å². The number of rotatable bonds is 2. The number of thiazole rings is 1. The largest absolute Gasteiger partial charge is 0.301 e. The molecule has 4 rings (SSSR count). The Balaban J connectivity index is 1.81. The summed E-state index contributed by atoms with van der Waals surface area (Å²) >= 11 is 1.54. The van der Waals surface area contributed by atoms with Gasteiger partial charge in [-0.1, -0.05) is 30.3 Å². The van der Waals surface area contributed by atoms with Crippen LogP contribution in [0.3, 0.4) is 0 Å². The second-order valence-electron chi connectivity index (χ2n) is 5.36. The minimum absolute atomic E-state index is 0.0855. The third-order valence-corrected chi connectivity index (χ3v) is 5.06. The highest BCUT2D eigenvalue weighted by Gasteiger charge is 2.54. The number of hydrogen-bond acceptors (Lipinski definition) is 3. The van der Waals surface area contributed by atoms with E-state index in [-0.39, 0.29) is 18.1 Å². The molecule has 1 N–H and O–H groups in total. The fourth-order valence-electron chi connectivity index (χ4n) is 3.48. The number of hydrogen-bond donors (Lipinski definition) is 1. The lowest BCUT2D eigenvalue weighted by Gasteiger charge is -2.24. The Bertz CT molecular complexity index is 613. The van der Waals surface area contributed by atoms with Gasteiger partial charge in [-0.3, -0.25) is 4.79 Å². The Morgan fingerprint density at radius 2 is 2.15 bits per heavy atom. The van der Waals surface area contributed by atoms with Crippen molar-refractivity contribution in [1.29, 1.82) is 0 Å². The smallest absolute Gasteiger partial charge is 0.292 e. The van der Waals surface area contributed by atoms with Crippen LogP contribution in [0.2, 0.25) is 0 Å². The Labute approximate surface area is 121 Å². The van der Waals surface area contributed by atoms with Gasteiger partial charge >= 0.3 is 0 Å². The van der Waals surface area contributed by atoms with Crippen LogP contribution in [0.1, 0.15) is 24.6 Å². The van der Waals surface area contributed by atoms with Gasteiger partial charge in [0.1, 0.15) is 0 Å². The molecule has 1 aromatic carbocycles. The highest BCUT2D eigenvalue weighted by molar-refractivity contribution is 7.13. The molecule has 0 saturated carbocycles. The molecule has 1 aromatic heterocycles. The minimum atomic E-state index is 0.0855. The van der Waals surface area contributed by atoms with Crippen molar-refractivity contribution in [2.75, 3.05) is 11.4 Å². The zero-order chi connectivity index (χ0) is 13.5. The van der Waals surface area contributed by atoms with E-state index in [1.165, 1.54) is 10.5 Å². The van der Waals surface area contributed by atoms with Crippen LogP contribution in [-0.4, -0.2) is 23.5 Å². The highest BCUT2D eigenvalue weighted by Crippen LogP contribution is 2.31. The van der Waals surface area contributed by atoms with Gasteiger partial charge < -0.3 is 4.90 Å². The molecule has 4 nitrogen and oxygen atoms in total. The number of carbonyl (C=O) groups is 1. The fourth-order valence-corrected chi connectivity index (χ4v) is 4.15. The lowest BCUT2D eigenvalue weighted by Crippen LogP contribution is -3.12. The first kappa shape index (κ1) is 12.1. The molecule has 102 valence electrons. The number of benzene rings is 1. The van der Waals surface area contributed by atoms with Crippen molar-refractivity contribution in [3.05, 3.63) is 47.5 Å². The van der Waals surface area contributed by atoms with Crippen LogP contribution in [0.15, 0.2) is 41.9 Å². The van der Waals surface area contributed by atoms with Crippen LogP contribution in [0.25, 0.3) is 0 Å². The SMILES string of the molecule is O=C1C2CCC[NH+]2C(c2ccccc2)N1c1nccs1. The van der Waals surface area contributed by atoms with E-state index in [0.717, 1.165) is 24.5 Å². The van der Waals surface area contributed by atoms with Gasteiger partial charge in [0.15, 0.2) is 17.3 Å². The van der Waals surface area contributed by atoms with Crippen LogP contribution >= 0.6 is 11.3 Å². The highest BCUT2D eigenvalue weighted by atomic mass is 32.1. The van der Waals surface area contributed by atoms with E-state index in [9.17, 15) is 4.79 Å². The molecule has 3 atom stereocenters. The van der Waals surface area contributed by atoms with Crippen LogP contribution in [0.5, 0.6) is 0 Å². The molecule has 2 aliphatic rings. The summed E-state index contributed by atoms with van der Waals surface area (Å²) in [6, 6.07) is 10.5. The third-order valence-electron chi connectivity index (χ3n) is 4.29. The van der Waals surface area contributed by atoms with Gasteiger partial charge in [-0.05, 0) is 0 Å². The molecular weight excluding hydrogens is 270 g/mol. The van der Waals surface area contributed by atoms with Crippen molar-refractivity contribution in [1.82, 2.24) is 4.98 Å². The van der Waals surface area contributed by atoms with E-state index < -0.39 is 0 Å². The van der Waals surface area contributed by atoms with Crippen molar-refractivity contribution in [2.24, 2.45) is 0 Å². The van der Waals surface area contributed by atoms with Gasteiger partial charge in [-0.2, -0.15) is 0 Å². The molecule has 5 heteroatoms. The molecular formula is C15H16N3OS+. The van der Waals surface area contributed by atoms with Crippen LogP contribution < -0.4 is 9.80 Å². The maximum absolute atomic E-state index is 12.7. The van der Waals surface area contributed by atoms with E-state index in [0.29, 0.717) is 0 Å². The van der Waals surface area contributed by atoms with E-state index in [2.05, 4.69) is 17.1 Å². The summed E-state index contributed by atoms with van der Waals surface area (Å²) in [5, 5.41) is 2.76. The number of amides is 1. The van der Waals surface area contributed by atoms with E-state index in [1.807, 2.05) is 28.5 Å². The van der Waals surface area contributed by atoms with Gasteiger partial charge in [-0.25, -0.2) is 9.88 Å². The summed E-state index contributed by atoms with van der Waals surface area (Å²) in [6.45, 7) is 1.07. The number of quaternary nitrogens is 1. The van der Waals surface area contributed by atoms with Gasteiger partial charge in [0.2, 0.25) is 0 Å². The fraction of sp³-hybridized carbons (Fsp3) is 0.333. The summed E-state index contributed by atoms with van der Waals surface area (Å²) < 4.78 is 0. The lowest BCUT2D eigenvalue weighted by atomic mass is 10.1. The average Bonchev–Trinajstić information content (AvgIpc) is 3.18. The second-order valence-corrected chi connectivity index (χ2v) is 6.23. The predicted octanol–water partition coefficient (Wildman–Crippen LogP) is 1.24. The summed E-state index contributed by atoms with van der Waals surface area (Å²) in [6.07, 6.45) is 4.00. The van der Waals surface area contributed by atoms with Gasteiger partial charge in [0, 0.05) is 30.0 Å². The third kappa shape index (κ3) is 1.70. The zero-order valence-electron chi connectivity index (χ0n) is 11.0. The Kier molecular flexibility index (Phi) is 2.82. The average molecular weight is 286 g/mol. The van der Waals surface area contributed by atoms with Crippen LogP contribution in [-0.2, 0) is 4.79 Å². The number of aromatic nitrogens is 1. The molecule has 2 aliphatic heterocycles. The zero-order valence-corrected chi connectivity index (χ0v) is 11.8. The van der Waals surface area contributed by atoms with Crippen molar-refractivity contribution < 1.29 is 9.69 Å². The standard InChI is InChI=1S/C15H15N3OS/c19-14-12-7-4-9-17(12)13(11-5-2-1-3-6-11)18(14)15-16-8-10-20-15/h1-3,5-6,8,10,12-13H,4,7,9H2/p+1. The maximum Gasteiger partial charge on any atom is 0.292 e. The molecule has 0 aliphatic carbocycles. The van der Waals surface area contributed by atoms with Gasteiger partial charge in [0.25, 0.3) is 5.91 Å². The topological polar surface area (TPSA) is 37.6 Å². The number of nitrogens with zero attached hydrogens (tertiary/aromatic N) is 2. The molecule has 2 saturated heterocycles.